The number of hydrogen-bond acceptors (Lipinski definition) is 1. The van der Waals surface area contributed by atoms with Crippen molar-refractivity contribution >= 4 is 0 Å². The van der Waals surface area contributed by atoms with Gasteiger partial charge in [0, 0.05) is 0 Å². The number of rotatable bonds is 2. The Kier molecular flexibility index (Phi) is 4.66. The van der Waals surface area contributed by atoms with E-state index in [1.54, 1.807) is 0 Å². The average Bonchev–Trinajstić information content (AvgIpc) is 2.41. The highest BCUT2D eigenvalue weighted by Gasteiger charge is 2.43. The smallest absolute Gasteiger partial charge is 0.388 e. The maximum absolute atomic E-state index is 12.9. The molecular weight excluding hydrogens is 277 g/mol. The number of aliphatic hydroxyl groups is 1. The monoisotopic (exact) mass is 300 g/mol. The highest BCUT2D eigenvalue weighted by atomic mass is 19.4. The lowest BCUT2D eigenvalue weighted by Crippen LogP contribution is -2.31. The van der Waals surface area contributed by atoms with Crippen LogP contribution in [-0.4, -0.2) is 11.3 Å². The number of aryl methyl sites for hydroxylation is 3. The molecule has 1 aromatic carbocycles. The van der Waals surface area contributed by atoms with E-state index in [0.29, 0.717) is 12.8 Å². The molecule has 0 radical (unpaired) electrons. The molecule has 0 amide bonds. The summed E-state index contributed by atoms with van der Waals surface area (Å²) in [5.74, 6) is -1.57. The fourth-order valence-corrected chi connectivity index (χ4v) is 3.37. The zero-order chi connectivity index (χ0) is 15.8. The van der Waals surface area contributed by atoms with Crippen molar-refractivity contribution in [2.45, 2.75) is 58.7 Å². The molecule has 0 saturated heterocycles. The Bertz CT molecular complexity index is 507. The van der Waals surface area contributed by atoms with Crippen LogP contribution in [0.2, 0.25) is 0 Å². The molecule has 0 bridgehead atoms. The third-order valence-corrected chi connectivity index (χ3v) is 4.83. The van der Waals surface area contributed by atoms with Crippen molar-refractivity contribution in [3.63, 3.8) is 0 Å². The molecule has 1 aliphatic rings. The summed E-state index contributed by atoms with van der Waals surface area (Å²) < 4.78 is 38.7. The van der Waals surface area contributed by atoms with Gasteiger partial charge in [-0.15, -0.1) is 0 Å². The van der Waals surface area contributed by atoms with Gasteiger partial charge in [-0.25, -0.2) is 0 Å². The Morgan fingerprint density at radius 2 is 1.67 bits per heavy atom. The van der Waals surface area contributed by atoms with Gasteiger partial charge in [0.15, 0.2) is 0 Å². The molecule has 3 unspecified atom stereocenters. The molecule has 1 saturated carbocycles. The lowest BCUT2D eigenvalue weighted by molar-refractivity contribution is -0.189. The van der Waals surface area contributed by atoms with E-state index < -0.39 is 18.2 Å². The number of benzene rings is 1. The van der Waals surface area contributed by atoms with Gasteiger partial charge in [-0.1, -0.05) is 18.6 Å². The minimum absolute atomic E-state index is 0.0387. The number of hydrogen-bond donors (Lipinski definition) is 1. The first-order chi connectivity index (χ1) is 9.70. The van der Waals surface area contributed by atoms with E-state index in [0.717, 1.165) is 22.3 Å². The highest BCUT2D eigenvalue weighted by molar-refractivity contribution is 5.37. The van der Waals surface area contributed by atoms with Crippen molar-refractivity contribution in [1.29, 1.82) is 0 Å². The molecular formula is C17H23F3O. The van der Waals surface area contributed by atoms with E-state index in [2.05, 4.69) is 0 Å². The quantitative estimate of drug-likeness (QED) is 0.813. The second-order valence-corrected chi connectivity index (χ2v) is 6.40. The zero-order valence-electron chi connectivity index (χ0n) is 12.8. The molecule has 1 nitrogen and oxygen atoms in total. The van der Waals surface area contributed by atoms with Crippen LogP contribution in [0.1, 0.15) is 54.0 Å². The molecule has 0 aromatic heterocycles. The minimum Gasteiger partial charge on any atom is -0.388 e. The van der Waals surface area contributed by atoms with E-state index in [-0.39, 0.29) is 18.8 Å². The number of alkyl halides is 3. The molecule has 3 atom stereocenters. The average molecular weight is 300 g/mol. The Labute approximate surface area is 124 Å². The summed E-state index contributed by atoms with van der Waals surface area (Å²) in [5, 5.41) is 10.6. The van der Waals surface area contributed by atoms with Crippen molar-refractivity contribution in [2.75, 3.05) is 0 Å². The van der Waals surface area contributed by atoms with Crippen molar-refractivity contribution in [2.24, 2.45) is 11.8 Å². The van der Waals surface area contributed by atoms with Gasteiger partial charge in [0.1, 0.15) is 0 Å². The maximum Gasteiger partial charge on any atom is 0.391 e. The number of halogens is 3. The normalized spacial score (nSPS) is 24.9. The minimum atomic E-state index is -4.14. The fourth-order valence-electron chi connectivity index (χ4n) is 3.37. The molecule has 1 aromatic rings. The van der Waals surface area contributed by atoms with Crippen LogP contribution in [0.4, 0.5) is 13.2 Å². The van der Waals surface area contributed by atoms with Gasteiger partial charge in [0.25, 0.3) is 0 Å². The van der Waals surface area contributed by atoms with Crippen LogP contribution in [-0.2, 0) is 0 Å². The van der Waals surface area contributed by atoms with Crippen molar-refractivity contribution in [1.82, 2.24) is 0 Å². The zero-order valence-corrected chi connectivity index (χ0v) is 12.8. The van der Waals surface area contributed by atoms with Crippen LogP contribution < -0.4 is 0 Å². The largest absolute Gasteiger partial charge is 0.391 e. The van der Waals surface area contributed by atoms with Crippen LogP contribution >= 0.6 is 0 Å². The third-order valence-electron chi connectivity index (χ3n) is 4.83. The Morgan fingerprint density at radius 1 is 1.05 bits per heavy atom. The number of aliphatic hydroxyl groups excluding tert-OH is 1. The first-order valence-electron chi connectivity index (χ1n) is 7.52. The summed E-state index contributed by atoms with van der Waals surface area (Å²) in [7, 11) is 0. The van der Waals surface area contributed by atoms with Gasteiger partial charge in [0.2, 0.25) is 0 Å². The van der Waals surface area contributed by atoms with Gasteiger partial charge >= 0.3 is 6.18 Å². The van der Waals surface area contributed by atoms with Crippen molar-refractivity contribution in [3.8, 4) is 0 Å². The lowest BCUT2D eigenvalue weighted by Gasteiger charge is -2.34. The first kappa shape index (κ1) is 16.3. The second-order valence-electron chi connectivity index (χ2n) is 6.40. The standard InChI is InChI=1S/C17H23F3O/c1-10-7-12(3)15(8-11(10)2)16(21)13-5-4-6-14(9-13)17(18,19)20/h7-8,13-14,16,21H,4-6,9H2,1-3H3. The van der Waals surface area contributed by atoms with Crippen LogP contribution in [0.3, 0.4) is 0 Å². The third kappa shape index (κ3) is 3.60. The van der Waals surface area contributed by atoms with Gasteiger partial charge in [0.05, 0.1) is 12.0 Å². The molecule has 21 heavy (non-hydrogen) atoms. The van der Waals surface area contributed by atoms with Crippen LogP contribution in [0.25, 0.3) is 0 Å². The molecule has 0 spiro atoms. The molecule has 118 valence electrons. The van der Waals surface area contributed by atoms with Crippen molar-refractivity contribution in [3.05, 3.63) is 34.4 Å². The van der Waals surface area contributed by atoms with E-state index in [1.165, 1.54) is 0 Å². The lowest BCUT2D eigenvalue weighted by atomic mass is 9.76. The van der Waals surface area contributed by atoms with Crippen LogP contribution in [0.5, 0.6) is 0 Å². The molecule has 2 rings (SSSR count). The van der Waals surface area contributed by atoms with Crippen molar-refractivity contribution < 1.29 is 18.3 Å². The molecule has 0 aliphatic heterocycles. The van der Waals surface area contributed by atoms with Gasteiger partial charge in [-0.05, 0) is 68.2 Å². The predicted molar refractivity (Wildman–Crippen MR) is 77.1 cm³/mol. The molecule has 0 heterocycles. The maximum atomic E-state index is 12.9. The van der Waals surface area contributed by atoms with Crippen LogP contribution in [0.15, 0.2) is 12.1 Å². The van der Waals surface area contributed by atoms with Gasteiger partial charge in [-0.2, -0.15) is 13.2 Å². The van der Waals surface area contributed by atoms with Gasteiger partial charge in [-0.3, -0.25) is 0 Å². The molecule has 4 heteroatoms. The highest BCUT2D eigenvalue weighted by Crippen LogP contribution is 2.44. The van der Waals surface area contributed by atoms with E-state index in [9.17, 15) is 18.3 Å². The Morgan fingerprint density at radius 3 is 2.29 bits per heavy atom. The Hall–Kier alpha value is -1.03. The summed E-state index contributed by atoms with van der Waals surface area (Å²) in [4.78, 5) is 0. The first-order valence-corrected chi connectivity index (χ1v) is 7.52. The predicted octanol–water partition coefficient (Wildman–Crippen LogP) is 5.01. The summed E-state index contributed by atoms with van der Waals surface area (Å²) in [5.41, 5.74) is 3.95. The van der Waals surface area contributed by atoms with E-state index in [1.807, 2.05) is 32.9 Å². The summed E-state index contributed by atoms with van der Waals surface area (Å²) in [6, 6.07) is 3.92. The summed E-state index contributed by atoms with van der Waals surface area (Å²) in [6.45, 7) is 5.87. The Balaban J connectivity index is 2.20. The molecule has 1 fully saturated rings. The SMILES string of the molecule is Cc1cc(C)c(C(O)C2CCCC(C(F)(F)F)C2)cc1C. The topological polar surface area (TPSA) is 20.2 Å². The fraction of sp³-hybridized carbons (Fsp3) is 0.647. The second kappa shape index (κ2) is 5.99. The summed E-state index contributed by atoms with van der Waals surface area (Å²) in [6.07, 6.45) is -3.50. The summed E-state index contributed by atoms with van der Waals surface area (Å²) >= 11 is 0. The molecule has 1 N–H and O–H groups in total. The molecule has 1 aliphatic carbocycles. The van der Waals surface area contributed by atoms with E-state index >= 15 is 0 Å². The van der Waals surface area contributed by atoms with Gasteiger partial charge < -0.3 is 5.11 Å². The van der Waals surface area contributed by atoms with Crippen LogP contribution in [0, 0.1) is 32.6 Å². The van der Waals surface area contributed by atoms with E-state index in [4.69, 9.17) is 0 Å².